The van der Waals surface area contributed by atoms with Crippen molar-refractivity contribution in [2.75, 3.05) is 68.6 Å². The highest BCUT2D eigenvalue weighted by molar-refractivity contribution is 5.94. The first-order chi connectivity index (χ1) is 19.2. The van der Waals surface area contributed by atoms with Gasteiger partial charge in [0.05, 0.1) is 26.4 Å². The van der Waals surface area contributed by atoms with Crippen LogP contribution in [0.4, 0.5) is 17.8 Å². The van der Waals surface area contributed by atoms with Crippen molar-refractivity contribution in [2.24, 2.45) is 5.73 Å². The number of nitrogens with two attached hydrogens (primary N) is 1. The molecule has 216 valence electrons. The minimum atomic E-state index is -0.144. The summed E-state index contributed by atoms with van der Waals surface area (Å²) in [6.07, 6.45) is 9.12. The van der Waals surface area contributed by atoms with E-state index in [-0.39, 0.29) is 5.91 Å². The van der Waals surface area contributed by atoms with Crippen molar-refractivity contribution in [1.29, 1.82) is 0 Å². The molecule has 0 bridgehead atoms. The third-order valence-corrected chi connectivity index (χ3v) is 5.69. The van der Waals surface area contributed by atoms with Crippen LogP contribution in [0.15, 0.2) is 36.9 Å². The third-order valence-electron chi connectivity index (χ3n) is 5.69. The van der Waals surface area contributed by atoms with Gasteiger partial charge in [0.15, 0.2) is 0 Å². The van der Waals surface area contributed by atoms with Crippen LogP contribution in [0.3, 0.4) is 0 Å². The van der Waals surface area contributed by atoms with E-state index in [0.717, 1.165) is 18.5 Å². The maximum absolute atomic E-state index is 12.4. The largest absolute Gasteiger partial charge is 0.378 e. The van der Waals surface area contributed by atoms with Crippen molar-refractivity contribution < 1.29 is 14.3 Å². The molecular weight excluding hydrogens is 496 g/mol. The number of nitrogens with zero attached hydrogens (tertiary/aromatic N) is 3. The van der Waals surface area contributed by atoms with Crippen molar-refractivity contribution in [2.45, 2.75) is 52.0 Å². The summed E-state index contributed by atoms with van der Waals surface area (Å²) >= 11 is 0. The zero-order chi connectivity index (χ0) is 28.0. The molecule has 2 aromatic rings. The molecule has 0 spiro atoms. The molecule has 0 fully saturated rings. The predicted molar refractivity (Wildman–Crippen MR) is 157 cm³/mol. The van der Waals surface area contributed by atoms with Crippen LogP contribution in [0, 0.1) is 0 Å². The number of nitrogens with one attached hydrogen (secondary N) is 4. The Hall–Kier alpha value is -3.28. The van der Waals surface area contributed by atoms with Gasteiger partial charge in [0.1, 0.15) is 0 Å². The monoisotopic (exact) mass is 542 g/mol. The zero-order valence-corrected chi connectivity index (χ0v) is 23.3. The molecule has 0 unspecified atom stereocenters. The Labute approximate surface area is 232 Å². The molecule has 11 nitrogen and oxygen atoms in total. The van der Waals surface area contributed by atoms with Crippen molar-refractivity contribution in [1.82, 2.24) is 20.3 Å². The molecule has 6 N–H and O–H groups in total. The van der Waals surface area contributed by atoms with Gasteiger partial charge in [-0.25, -0.2) is 0 Å². The van der Waals surface area contributed by atoms with Crippen LogP contribution in [0.25, 0.3) is 0 Å². The lowest BCUT2D eigenvalue weighted by Gasteiger charge is -2.11. The smallest absolute Gasteiger partial charge is 0.251 e. The van der Waals surface area contributed by atoms with Crippen molar-refractivity contribution in [3.05, 3.63) is 48.0 Å². The first-order valence-electron chi connectivity index (χ1n) is 14.0. The van der Waals surface area contributed by atoms with Crippen LogP contribution in [-0.2, 0) is 16.0 Å². The molecule has 0 saturated carbocycles. The van der Waals surface area contributed by atoms with E-state index in [0.29, 0.717) is 76.0 Å². The summed E-state index contributed by atoms with van der Waals surface area (Å²) in [5, 5.41) is 12.6. The number of aromatic nitrogens is 3. The molecule has 0 atom stereocenters. The molecule has 1 aromatic heterocycles. The maximum Gasteiger partial charge on any atom is 0.251 e. The summed E-state index contributed by atoms with van der Waals surface area (Å²) in [6, 6.07) is 7.41. The average molecular weight is 543 g/mol. The van der Waals surface area contributed by atoms with E-state index in [1.165, 1.54) is 32.1 Å². The highest BCUT2D eigenvalue weighted by Gasteiger charge is 2.08. The molecule has 0 aliphatic carbocycles. The highest BCUT2D eigenvalue weighted by Crippen LogP contribution is 2.12. The molecule has 0 aliphatic rings. The van der Waals surface area contributed by atoms with Gasteiger partial charge in [-0.15, -0.1) is 6.58 Å². The van der Waals surface area contributed by atoms with E-state index < -0.39 is 0 Å². The number of anilines is 3. The molecule has 11 heteroatoms. The average Bonchev–Trinajstić information content (AvgIpc) is 2.96. The number of carbonyl (C=O) groups is 1. The third kappa shape index (κ3) is 14.4. The summed E-state index contributed by atoms with van der Waals surface area (Å²) in [5.74, 6) is 1.34. The number of rotatable bonds is 23. The molecule has 39 heavy (non-hydrogen) atoms. The van der Waals surface area contributed by atoms with Crippen LogP contribution >= 0.6 is 0 Å². The van der Waals surface area contributed by atoms with Crippen molar-refractivity contribution >= 4 is 23.8 Å². The fourth-order valence-electron chi connectivity index (χ4n) is 3.58. The Morgan fingerprint density at radius 1 is 0.846 bits per heavy atom. The van der Waals surface area contributed by atoms with Crippen LogP contribution < -0.4 is 27.0 Å². The van der Waals surface area contributed by atoms with E-state index in [4.69, 9.17) is 15.2 Å². The number of benzene rings is 1. The van der Waals surface area contributed by atoms with Gasteiger partial charge < -0.3 is 36.5 Å². The lowest BCUT2D eigenvalue weighted by Crippen LogP contribution is -2.27. The van der Waals surface area contributed by atoms with Crippen LogP contribution in [0.5, 0.6) is 0 Å². The predicted octanol–water partition coefficient (Wildman–Crippen LogP) is 3.58. The molecule has 0 saturated heterocycles. The second-order valence-corrected chi connectivity index (χ2v) is 8.99. The van der Waals surface area contributed by atoms with Gasteiger partial charge in [-0.3, -0.25) is 4.79 Å². The van der Waals surface area contributed by atoms with Gasteiger partial charge in [0.25, 0.3) is 5.91 Å². The van der Waals surface area contributed by atoms with Gasteiger partial charge >= 0.3 is 0 Å². The van der Waals surface area contributed by atoms with E-state index in [1.807, 2.05) is 12.1 Å². The van der Waals surface area contributed by atoms with Gasteiger partial charge in [-0.05, 0) is 24.1 Å². The standard InChI is InChI=1S/C28H46N8O3/c1-3-5-6-7-8-9-16-32-27-34-26(31-15-4-2)35-28(36-27)33-22-23-10-12-24(13-11-23)25(37)30-17-19-39-21-20-38-18-14-29/h4,10-13H,2-3,5-9,14-22,29H2,1H3,(H,30,37)(H3,31,32,33,34,35,36). The summed E-state index contributed by atoms with van der Waals surface area (Å²) in [5.41, 5.74) is 6.94. The maximum atomic E-state index is 12.4. The number of carbonyl (C=O) groups excluding carboxylic acids is 1. The van der Waals surface area contributed by atoms with Crippen LogP contribution in [0.2, 0.25) is 0 Å². The number of hydrogen-bond donors (Lipinski definition) is 5. The molecule has 2 rings (SSSR count). The van der Waals surface area contributed by atoms with Crippen LogP contribution in [0.1, 0.15) is 61.4 Å². The lowest BCUT2D eigenvalue weighted by molar-refractivity contribution is 0.0511. The van der Waals surface area contributed by atoms with Crippen LogP contribution in [-0.4, -0.2) is 73.5 Å². The summed E-state index contributed by atoms with van der Waals surface area (Å²) in [7, 11) is 0. The summed E-state index contributed by atoms with van der Waals surface area (Å²) in [4.78, 5) is 25.8. The summed E-state index contributed by atoms with van der Waals surface area (Å²) < 4.78 is 10.7. The number of unbranched alkanes of at least 4 members (excludes halogenated alkanes) is 5. The Morgan fingerprint density at radius 2 is 1.49 bits per heavy atom. The first kappa shape index (κ1) is 31.9. The first-order valence-corrected chi connectivity index (χ1v) is 14.0. The number of ether oxygens (including phenoxy) is 2. The van der Waals surface area contributed by atoms with E-state index >= 15 is 0 Å². The Morgan fingerprint density at radius 3 is 2.18 bits per heavy atom. The molecule has 1 amide bonds. The number of hydrogen-bond acceptors (Lipinski definition) is 10. The van der Waals surface area contributed by atoms with E-state index in [1.54, 1.807) is 18.2 Å². The SMILES string of the molecule is C=CCNc1nc(NCCCCCCCC)nc(NCc2ccc(C(=O)NCCOCCOCCN)cc2)n1. The fraction of sp³-hybridized carbons (Fsp3) is 0.571. The van der Waals surface area contributed by atoms with Gasteiger partial charge in [-0.2, -0.15) is 15.0 Å². The molecule has 0 aliphatic heterocycles. The molecule has 0 radical (unpaired) electrons. The Balaban J connectivity index is 1.79. The second kappa shape index (κ2) is 20.7. The van der Waals surface area contributed by atoms with Gasteiger partial charge in [0, 0.05) is 38.3 Å². The van der Waals surface area contributed by atoms with Gasteiger partial charge in [0.2, 0.25) is 17.8 Å². The highest BCUT2D eigenvalue weighted by atomic mass is 16.5. The Kier molecular flexibility index (Phi) is 16.9. The molecule has 1 heterocycles. The minimum absolute atomic E-state index is 0.144. The quantitative estimate of drug-likeness (QED) is 0.104. The van der Waals surface area contributed by atoms with E-state index in [9.17, 15) is 4.79 Å². The summed E-state index contributed by atoms with van der Waals surface area (Å²) in [6.45, 7) is 10.7. The van der Waals surface area contributed by atoms with Gasteiger partial charge in [-0.1, -0.05) is 57.2 Å². The Bertz CT molecular complexity index is 943. The molecule has 1 aromatic carbocycles. The molecular formula is C28H46N8O3. The van der Waals surface area contributed by atoms with E-state index in [2.05, 4.69) is 49.7 Å². The van der Waals surface area contributed by atoms with Crippen molar-refractivity contribution in [3.63, 3.8) is 0 Å². The fourth-order valence-corrected chi connectivity index (χ4v) is 3.58. The lowest BCUT2D eigenvalue weighted by atomic mass is 10.1. The van der Waals surface area contributed by atoms with Crippen molar-refractivity contribution in [3.8, 4) is 0 Å². The second-order valence-electron chi connectivity index (χ2n) is 8.99. The minimum Gasteiger partial charge on any atom is -0.378 e. The topological polar surface area (TPSA) is 148 Å². The zero-order valence-electron chi connectivity index (χ0n) is 23.3. The number of amides is 1. The normalized spacial score (nSPS) is 10.7.